The highest BCUT2D eigenvalue weighted by molar-refractivity contribution is 5.78. The fraction of sp³-hybridized carbons (Fsp3) is 0.667. The second kappa shape index (κ2) is 6.40. The topological polar surface area (TPSA) is 60.8 Å². The maximum absolute atomic E-state index is 12.9. The number of aliphatic hydroxyl groups excluding tert-OH is 2. The van der Waals surface area contributed by atoms with E-state index < -0.39 is 0 Å². The van der Waals surface area contributed by atoms with Gasteiger partial charge in [-0.15, -0.1) is 0 Å². The Balaban J connectivity index is 1.70. The van der Waals surface area contributed by atoms with Crippen LogP contribution in [0.25, 0.3) is 0 Å². The van der Waals surface area contributed by atoms with Crippen LogP contribution in [-0.2, 0) is 10.2 Å². The van der Waals surface area contributed by atoms with Crippen molar-refractivity contribution in [1.29, 1.82) is 0 Å². The van der Waals surface area contributed by atoms with E-state index in [2.05, 4.69) is 24.3 Å². The lowest BCUT2D eigenvalue weighted by molar-refractivity contribution is -0.152. The molecule has 0 atom stereocenters. The van der Waals surface area contributed by atoms with E-state index in [9.17, 15) is 15.0 Å². The van der Waals surface area contributed by atoms with Crippen molar-refractivity contribution in [2.24, 2.45) is 23.7 Å². The van der Waals surface area contributed by atoms with Crippen molar-refractivity contribution < 1.29 is 15.0 Å². The summed E-state index contributed by atoms with van der Waals surface area (Å²) in [5.41, 5.74) is 1.19. The molecule has 4 aliphatic carbocycles. The number of nitrogens with zero attached hydrogens (tertiary/aromatic N) is 1. The van der Waals surface area contributed by atoms with Crippen LogP contribution in [0, 0.1) is 23.7 Å². The van der Waals surface area contributed by atoms with E-state index in [1.54, 1.807) is 11.9 Å². The first-order chi connectivity index (χ1) is 12.1. The summed E-state index contributed by atoms with van der Waals surface area (Å²) >= 11 is 0. The van der Waals surface area contributed by atoms with E-state index in [1.165, 1.54) is 5.56 Å². The SMILES string of the molecule is CN(CCO)C(=O)CC1(c2ccccc2)C2CC3CC1CC(C2)C3O. The van der Waals surface area contributed by atoms with Gasteiger partial charge >= 0.3 is 0 Å². The largest absolute Gasteiger partial charge is 0.395 e. The predicted molar refractivity (Wildman–Crippen MR) is 95.9 cm³/mol. The van der Waals surface area contributed by atoms with Crippen LogP contribution in [0.2, 0.25) is 0 Å². The molecule has 136 valence electrons. The molecule has 0 radical (unpaired) electrons. The molecule has 4 heteroatoms. The van der Waals surface area contributed by atoms with Gasteiger partial charge in [-0.1, -0.05) is 30.3 Å². The van der Waals surface area contributed by atoms with Gasteiger partial charge < -0.3 is 15.1 Å². The summed E-state index contributed by atoms with van der Waals surface area (Å²) in [7, 11) is 1.79. The highest BCUT2D eigenvalue weighted by atomic mass is 16.3. The van der Waals surface area contributed by atoms with Gasteiger partial charge in [0.05, 0.1) is 12.7 Å². The smallest absolute Gasteiger partial charge is 0.223 e. The molecule has 25 heavy (non-hydrogen) atoms. The van der Waals surface area contributed by atoms with Crippen molar-refractivity contribution in [3.05, 3.63) is 35.9 Å². The van der Waals surface area contributed by atoms with Crippen molar-refractivity contribution in [3.8, 4) is 0 Å². The minimum Gasteiger partial charge on any atom is -0.395 e. The van der Waals surface area contributed by atoms with Crippen LogP contribution >= 0.6 is 0 Å². The van der Waals surface area contributed by atoms with Gasteiger partial charge in [0.2, 0.25) is 5.91 Å². The number of carbonyl (C=O) groups is 1. The lowest BCUT2D eigenvalue weighted by atomic mass is 9.42. The summed E-state index contributed by atoms with van der Waals surface area (Å²) in [6, 6.07) is 10.6. The molecule has 4 nitrogen and oxygen atoms in total. The monoisotopic (exact) mass is 343 g/mol. The van der Waals surface area contributed by atoms with E-state index in [0.29, 0.717) is 36.6 Å². The lowest BCUT2D eigenvalue weighted by Crippen LogP contribution is -2.61. The second-order valence-electron chi connectivity index (χ2n) is 8.47. The Morgan fingerprint density at radius 1 is 1.12 bits per heavy atom. The second-order valence-corrected chi connectivity index (χ2v) is 8.47. The molecule has 0 heterocycles. The van der Waals surface area contributed by atoms with Gasteiger partial charge in [0.1, 0.15) is 0 Å². The van der Waals surface area contributed by atoms with Crippen molar-refractivity contribution in [2.45, 2.75) is 43.6 Å². The number of aliphatic hydroxyl groups is 2. The molecule has 0 aliphatic heterocycles. The summed E-state index contributed by atoms with van der Waals surface area (Å²) < 4.78 is 0. The van der Waals surface area contributed by atoms with E-state index in [0.717, 1.165) is 25.7 Å². The Hall–Kier alpha value is -1.39. The molecule has 0 aromatic heterocycles. The number of rotatable bonds is 5. The highest BCUT2D eigenvalue weighted by Gasteiger charge is 2.61. The van der Waals surface area contributed by atoms with Crippen LogP contribution < -0.4 is 0 Å². The first kappa shape index (κ1) is 17.0. The molecule has 4 saturated carbocycles. The number of hydrogen-bond donors (Lipinski definition) is 2. The van der Waals surface area contributed by atoms with E-state index in [4.69, 9.17) is 0 Å². The van der Waals surface area contributed by atoms with Gasteiger partial charge in [-0.05, 0) is 54.9 Å². The molecule has 5 rings (SSSR count). The standard InChI is InChI=1S/C21H29NO3/c1-22(7-8-23)19(24)13-21(16-5-3-2-4-6-16)17-9-14-10-18(21)12-15(11-17)20(14)25/h2-6,14-15,17-18,20,23,25H,7-13H2,1H3. The first-order valence-corrected chi connectivity index (χ1v) is 9.64. The molecular weight excluding hydrogens is 314 g/mol. The lowest BCUT2D eigenvalue weighted by Gasteiger charge is -2.63. The van der Waals surface area contributed by atoms with Crippen molar-refractivity contribution in [3.63, 3.8) is 0 Å². The normalized spacial score (nSPS) is 38.8. The van der Waals surface area contributed by atoms with Gasteiger partial charge in [-0.3, -0.25) is 4.79 Å². The summed E-state index contributed by atoms with van der Waals surface area (Å²) in [5, 5.41) is 19.7. The van der Waals surface area contributed by atoms with Crippen LogP contribution in [0.4, 0.5) is 0 Å². The van der Waals surface area contributed by atoms with Gasteiger partial charge in [-0.2, -0.15) is 0 Å². The highest BCUT2D eigenvalue weighted by Crippen LogP contribution is 2.64. The molecule has 0 spiro atoms. The Kier molecular flexibility index (Phi) is 4.37. The quantitative estimate of drug-likeness (QED) is 0.862. The van der Waals surface area contributed by atoms with Gasteiger partial charge in [-0.25, -0.2) is 0 Å². The molecule has 1 amide bonds. The minimum atomic E-state index is -0.131. The number of amides is 1. The van der Waals surface area contributed by atoms with Crippen molar-refractivity contribution in [2.75, 3.05) is 20.2 Å². The molecule has 1 aromatic carbocycles. The Bertz CT molecular complexity index is 599. The average molecular weight is 343 g/mol. The Labute approximate surface area is 149 Å². The molecule has 4 fully saturated rings. The molecule has 0 saturated heterocycles. The zero-order chi connectivity index (χ0) is 17.6. The Morgan fingerprint density at radius 3 is 2.20 bits per heavy atom. The summed E-state index contributed by atoms with van der Waals surface area (Å²) in [6.45, 7) is 0.396. The van der Waals surface area contributed by atoms with Crippen LogP contribution in [0.3, 0.4) is 0 Å². The number of likely N-dealkylation sites (N-methyl/N-ethyl adjacent to an activating group) is 1. The zero-order valence-electron chi connectivity index (χ0n) is 15.0. The molecular formula is C21H29NO3. The molecule has 1 aromatic rings. The molecule has 4 aliphatic rings. The number of benzene rings is 1. The van der Waals surface area contributed by atoms with Gasteiger partial charge in [0.25, 0.3) is 0 Å². The van der Waals surface area contributed by atoms with Crippen molar-refractivity contribution in [1.82, 2.24) is 4.90 Å². The van der Waals surface area contributed by atoms with Crippen LogP contribution in [0.5, 0.6) is 0 Å². The van der Waals surface area contributed by atoms with Gasteiger partial charge in [0.15, 0.2) is 0 Å². The third-order valence-electron chi connectivity index (χ3n) is 7.39. The maximum atomic E-state index is 12.9. The summed E-state index contributed by atoms with van der Waals surface area (Å²) in [4.78, 5) is 14.6. The van der Waals surface area contributed by atoms with Crippen molar-refractivity contribution >= 4 is 5.91 Å². The predicted octanol–water partition coefficient (Wildman–Crippen LogP) is 2.19. The van der Waals surface area contributed by atoms with Crippen LogP contribution in [0.15, 0.2) is 30.3 Å². The first-order valence-electron chi connectivity index (χ1n) is 9.64. The fourth-order valence-electron chi connectivity index (χ4n) is 6.23. The van der Waals surface area contributed by atoms with Crippen LogP contribution in [-0.4, -0.2) is 47.3 Å². The summed E-state index contributed by atoms with van der Waals surface area (Å²) in [6.07, 6.45) is 4.56. The average Bonchev–Trinajstić information content (AvgIpc) is 2.60. The van der Waals surface area contributed by atoms with Gasteiger partial charge in [0, 0.05) is 25.4 Å². The van der Waals surface area contributed by atoms with E-state index >= 15 is 0 Å². The third kappa shape index (κ3) is 2.61. The Morgan fingerprint density at radius 2 is 1.68 bits per heavy atom. The van der Waals surface area contributed by atoms with E-state index in [-0.39, 0.29) is 24.0 Å². The maximum Gasteiger partial charge on any atom is 0.223 e. The number of hydrogen-bond acceptors (Lipinski definition) is 3. The number of carbonyl (C=O) groups excluding carboxylic acids is 1. The zero-order valence-corrected chi connectivity index (χ0v) is 15.0. The third-order valence-corrected chi connectivity index (χ3v) is 7.39. The molecule has 2 N–H and O–H groups in total. The molecule has 4 bridgehead atoms. The molecule has 0 unspecified atom stereocenters. The summed E-state index contributed by atoms with van der Waals surface area (Å²) in [5.74, 6) is 1.93. The van der Waals surface area contributed by atoms with E-state index in [1.807, 2.05) is 6.07 Å². The minimum absolute atomic E-state index is 0.00374. The fourth-order valence-corrected chi connectivity index (χ4v) is 6.23. The van der Waals surface area contributed by atoms with Crippen LogP contribution in [0.1, 0.15) is 37.7 Å².